The zero-order valence-electron chi connectivity index (χ0n) is 18.0. The predicted octanol–water partition coefficient (Wildman–Crippen LogP) is 2.65. The topological polar surface area (TPSA) is 86.7 Å². The molecule has 162 valence electrons. The number of aromatic nitrogens is 1. The van der Waals surface area contributed by atoms with Crippen LogP contribution in [0.3, 0.4) is 0 Å². The molecule has 7 nitrogen and oxygen atoms in total. The van der Waals surface area contributed by atoms with Crippen molar-refractivity contribution in [3.8, 4) is 0 Å². The van der Waals surface area contributed by atoms with E-state index >= 15 is 0 Å². The third-order valence-electron chi connectivity index (χ3n) is 5.10. The molecule has 1 aromatic carbocycles. The fraction of sp³-hybridized carbons (Fsp3) is 0.455. The Labute approximate surface area is 179 Å². The molecule has 0 saturated carbocycles. The van der Waals surface area contributed by atoms with Crippen molar-refractivity contribution in [1.29, 1.82) is 0 Å². The molecule has 3 rings (SSSR count). The minimum Gasteiger partial charge on any atom is -0.357 e. The van der Waals surface area contributed by atoms with Crippen LogP contribution in [0, 0.1) is 6.92 Å². The maximum atomic E-state index is 11.8. The first-order valence-electron chi connectivity index (χ1n) is 10.4. The molecule has 1 fully saturated rings. The number of hydrogen-bond donors (Lipinski definition) is 2. The van der Waals surface area contributed by atoms with E-state index in [1.807, 2.05) is 32.2 Å². The molecule has 0 bridgehead atoms. The van der Waals surface area contributed by atoms with E-state index in [2.05, 4.69) is 37.6 Å². The van der Waals surface area contributed by atoms with Gasteiger partial charge >= 0.3 is 0 Å². The summed E-state index contributed by atoms with van der Waals surface area (Å²) in [6.07, 6.45) is 5.60. The van der Waals surface area contributed by atoms with Crippen LogP contribution in [0.4, 0.5) is 5.82 Å². The van der Waals surface area contributed by atoms with Gasteiger partial charge in [0.25, 0.3) is 0 Å². The van der Waals surface area contributed by atoms with E-state index in [1.165, 1.54) is 19.1 Å². The number of benzene rings is 1. The van der Waals surface area contributed by atoms with Crippen molar-refractivity contribution in [2.24, 2.45) is 4.99 Å². The number of rotatable bonds is 7. The zero-order chi connectivity index (χ0) is 21.6. The number of sulfone groups is 1. The minimum atomic E-state index is -3.20. The van der Waals surface area contributed by atoms with Gasteiger partial charge in [-0.25, -0.2) is 18.4 Å². The van der Waals surface area contributed by atoms with Gasteiger partial charge in [0, 0.05) is 38.6 Å². The third kappa shape index (κ3) is 5.95. The van der Waals surface area contributed by atoms with Gasteiger partial charge in [-0.1, -0.05) is 18.2 Å². The number of pyridine rings is 1. The first-order chi connectivity index (χ1) is 14.4. The normalized spacial score (nSPS) is 14.8. The van der Waals surface area contributed by atoms with Crippen molar-refractivity contribution in [2.75, 3.05) is 30.8 Å². The van der Waals surface area contributed by atoms with Crippen LogP contribution in [0.25, 0.3) is 0 Å². The van der Waals surface area contributed by atoms with Gasteiger partial charge < -0.3 is 15.5 Å². The molecule has 0 atom stereocenters. The Morgan fingerprint density at radius 1 is 1.13 bits per heavy atom. The largest absolute Gasteiger partial charge is 0.357 e. The smallest absolute Gasteiger partial charge is 0.191 e. The van der Waals surface area contributed by atoms with Crippen molar-refractivity contribution < 1.29 is 8.42 Å². The number of nitrogens with zero attached hydrogens (tertiary/aromatic N) is 3. The van der Waals surface area contributed by atoms with Gasteiger partial charge in [0.05, 0.1) is 11.4 Å². The molecule has 1 aliphatic rings. The third-order valence-corrected chi connectivity index (χ3v) is 6.36. The fourth-order valence-electron chi connectivity index (χ4n) is 3.58. The second-order valence-electron chi connectivity index (χ2n) is 7.64. The van der Waals surface area contributed by atoms with E-state index in [1.54, 1.807) is 6.07 Å². The van der Waals surface area contributed by atoms with Crippen LogP contribution < -0.4 is 15.5 Å². The van der Waals surface area contributed by atoms with Gasteiger partial charge in [0.1, 0.15) is 5.82 Å². The van der Waals surface area contributed by atoms with Crippen molar-refractivity contribution in [1.82, 2.24) is 15.6 Å². The maximum Gasteiger partial charge on any atom is 0.191 e. The van der Waals surface area contributed by atoms with Crippen molar-refractivity contribution in [3.05, 3.63) is 53.2 Å². The van der Waals surface area contributed by atoms with Gasteiger partial charge in [-0.15, -0.1) is 0 Å². The summed E-state index contributed by atoms with van der Waals surface area (Å²) in [5.74, 6) is 1.75. The van der Waals surface area contributed by atoms with E-state index in [0.29, 0.717) is 23.9 Å². The summed E-state index contributed by atoms with van der Waals surface area (Å²) < 4.78 is 23.6. The highest BCUT2D eigenvalue weighted by Crippen LogP contribution is 2.18. The Hall–Kier alpha value is -2.61. The van der Waals surface area contributed by atoms with E-state index in [-0.39, 0.29) is 0 Å². The number of anilines is 1. The summed E-state index contributed by atoms with van der Waals surface area (Å²) in [6, 6.07) is 9.55. The highest BCUT2D eigenvalue weighted by molar-refractivity contribution is 7.90. The molecule has 2 N–H and O–H groups in total. The van der Waals surface area contributed by atoms with Gasteiger partial charge in [-0.2, -0.15) is 0 Å². The molecule has 0 unspecified atom stereocenters. The Bertz CT molecular complexity index is 981. The van der Waals surface area contributed by atoms with E-state index < -0.39 is 9.84 Å². The predicted molar refractivity (Wildman–Crippen MR) is 122 cm³/mol. The summed E-state index contributed by atoms with van der Waals surface area (Å²) in [6.45, 7) is 7.86. The van der Waals surface area contributed by atoms with Gasteiger partial charge in [0.15, 0.2) is 15.8 Å². The van der Waals surface area contributed by atoms with E-state index in [0.717, 1.165) is 42.1 Å². The van der Waals surface area contributed by atoms with Crippen molar-refractivity contribution in [2.45, 2.75) is 44.7 Å². The highest BCUT2D eigenvalue weighted by atomic mass is 32.2. The lowest BCUT2D eigenvalue weighted by Gasteiger charge is -2.16. The average molecular weight is 430 g/mol. The molecule has 1 aliphatic heterocycles. The lowest BCUT2D eigenvalue weighted by molar-refractivity contribution is 0.601. The lowest BCUT2D eigenvalue weighted by Crippen LogP contribution is -2.36. The molecule has 1 aromatic heterocycles. The molecule has 30 heavy (non-hydrogen) atoms. The molecular formula is C22H31N5O2S. The first-order valence-corrected chi connectivity index (χ1v) is 12.3. The standard InChI is InChI=1S/C22H31N5O2S/c1-4-23-22(25-14-18-7-9-20(17(2)13-18)30(3,28)29)26-16-19-8-10-21(24-15-19)27-11-5-6-12-27/h7-10,13,15H,4-6,11-12,14,16H2,1-3H3,(H2,23,25,26). The van der Waals surface area contributed by atoms with Crippen LogP contribution in [0.5, 0.6) is 0 Å². The molecule has 0 amide bonds. The Kier molecular flexibility index (Phi) is 7.31. The molecule has 8 heteroatoms. The molecule has 1 saturated heterocycles. The summed E-state index contributed by atoms with van der Waals surface area (Å²) in [5.41, 5.74) is 2.81. The van der Waals surface area contributed by atoms with Crippen molar-refractivity contribution in [3.63, 3.8) is 0 Å². The lowest BCUT2D eigenvalue weighted by atomic mass is 10.1. The van der Waals surface area contributed by atoms with Crippen LogP contribution in [-0.2, 0) is 22.9 Å². The molecule has 0 radical (unpaired) electrons. The summed E-state index contributed by atoms with van der Waals surface area (Å²) in [5, 5.41) is 6.55. The zero-order valence-corrected chi connectivity index (χ0v) is 18.8. The van der Waals surface area contributed by atoms with Gasteiger partial charge in [0.2, 0.25) is 0 Å². The average Bonchev–Trinajstić information content (AvgIpc) is 3.24. The number of hydrogen-bond acceptors (Lipinski definition) is 5. The van der Waals surface area contributed by atoms with Crippen LogP contribution in [0.2, 0.25) is 0 Å². The molecule has 0 aliphatic carbocycles. The van der Waals surface area contributed by atoms with Crippen LogP contribution in [0.15, 0.2) is 46.4 Å². The number of aryl methyl sites for hydroxylation is 1. The molecule has 2 heterocycles. The maximum absolute atomic E-state index is 11.8. The van der Waals surface area contributed by atoms with E-state index in [9.17, 15) is 8.42 Å². The van der Waals surface area contributed by atoms with Gasteiger partial charge in [-0.3, -0.25) is 0 Å². The fourth-order valence-corrected chi connectivity index (χ4v) is 4.54. The quantitative estimate of drug-likeness (QED) is 0.520. The molecule has 2 aromatic rings. The number of nitrogens with one attached hydrogen (secondary N) is 2. The summed E-state index contributed by atoms with van der Waals surface area (Å²) >= 11 is 0. The van der Waals surface area contributed by atoms with Crippen LogP contribution in [0.1, 0.15) is 36.5 Å². The van der Waals surface area contributed by atoms with Crippen LogP contribution >= 0.6 is 0 Å². The molecular weight excluding hydrogens is 398 g/mol. The van der Waals surface area contributed by atoms with Crippen LogP contribution in [-0.4, -0.2) is 45.3 Å². The van der Waals surface area contributed by atoms with E-state index in [4.69, 9.17) is 0 Å². The summed E-state index contributed by atoms with van der Waals surface area (Å²) in [4.78, 5) is 11.9. The Morgan fingerprint density at radius 3 is 2.47 bits per heavy atom. The van der Waals surface area contributed by atoms with Crippen molar-refractivity contribution >= 4 is 21.6 Å². The minimum absolute atomic E-state index is 0.372. The summed E-state index contributed by atoms with van der Waals surface area (Å²) in [7, 11) is -3.20. The first kappa shape index (κ1) is 22.1. The second-order valence-corrected chi connectivity index (χ2v) is 9.62. The number of aliphatic imine (C=N–C) groups is 1. The molecule has 0 spiro atoms. The highest BCUT2D eigenvalue weighted by Gasteiger charge is 2.13. The monoisotopic (exact) mass is 429 g/mol. The SMILES string of the molecule is CCNC(=NCc1ccc(N2CCCC2)nc1)NCc1ccc(S(C)(=O)=O)c(C)c1. The van der Waals surface area contributed by atoms with Gasteiger partial charge in [-0.05, 0) is 55.5 Å². The number of guanidine groups is 1. The second kappa shape index (κ2) is 9.93. The Balaban J connectivity index is 1.61. The Morgan fingerprint density at radius 2 is 1.87 bits per heavy atom.